The van der Waals surface area contributed by atoms with Gasteiger partial charge in [0.15, 0.2) is 6.61 Å². The van der Waals surface area contributed by atoms with Crippen molar-refractivity contribution in [2.45, 2.75) is 20.8 Å². The molecule has 2 aromatic rings. The van der Waals surface area contributed by atoms with E-state index in [4.69, 9.17) is 9.47 Å². The Bertz CT molecular complexity index is 1150. The Kier molecular flexibility index (Phi) is 8.10. The summed E-state index contributed by atoms with van der Waals surface area (Å²) in [4.78, 5) is 50.6. The summed E-state index contributed by atoms with van der Waals surface area (Å²) in [5.74, 6) is -1.45. The molecule has 8 nitrogen and oxygen atoms in total. The first-order valence-electron chi connectivity index (χ1n) is 9.88. The van der Waals surface area contributed by atoms with Gasteiger partial charge in [-0.1, -0.05) is 6.07 Å². The molecular weight excluding hydrogens is 654 g/mol. The highest BCUT2D eigenvalue weighted by Gasteiger charge is 2.37. The van der Waals surface area contributed by atoms with E-state index in [1.807, 2.05) is 65.1 Å². The number of benzene rings is 2. The van der Waals surface area contributed by atoms with Crippen LogP contribution in [0.15, 0.2) is 35.9 Å². The van der Waals surface area contributed by atoms with Crippen molar-refractivity contribution in [3.05, 3.63) is 59.7 Å². The molecule has 1 saturated heterocycles. The number of carbonyl (C=O) groups is 4. The van der Waals surface area contributed by atoms with Crippen LogP contribution in [0.4, 0.5) is 10.5 Å². The molecule has 0 unspecified atom stereocenters. The smallest absolute Gasteiger partial charge is 0.344 e. The molecule has 33 heavy (non-hydrogen) atoms. The average molecular weight is 674 g/mol. The maximum absolute atomic E-state index is 13.1. The molecule has 2 aromatic carbocycles. The number of amides is 4. The fraction of sp³-hybridized carbons (Fsp3) is 0.217. The van der Waals surface area contributed by atoms with Crippen LogP contribution in [0, 0.1) is 21.0 Å². The number of urea groups is 1. The molecule has 0 aromatic heterocycles. The maximum atomic E-state index is 13.1. The molecule has 0 spiro atoms. The van der Waals surface area contributed by atoms with Crippen LogP contribution in [0.1, 0.15) is 23.6 Å². The van der Waals surface area contributed by atoms with Crippen LogP contribution >= 0.6 is 45.2 Å². The molecule has 4 amide bonds. The summed E-state index contributed by atoms with van der Waals surface area (Å²) >= 11 is 4.09. The Morgan fingerprint density at radius 2 is 1.64 bits per heavy atom. The van der Waals surface area contributed by atoms with Crippen LogP contribution in [0.2, 0.25) is 0 Å². The lowest BCUT2D eigenvalue weighted by Crippen LogP contribution is -2.54. The number of halogens is 2. The number of hydrogen-bond acceptors (Lipinski definition) is 6. The van der Waals surface area contributed by atoms with E-state index in [1.165, 1.54) is 6.08 Å². The largest absolute Gasteiger partial charge is 0.480 e. The summed E-state index contributed by atoms with van der Waals surface area (Å²) in [5.41, 5.74) is 2.56. The van der Waals surface area contributed by atoms with E-state index in [-0.39, 0.29) is 18.8 Å². The van der Waals surface area contributed by atoms with Crippen LogP contribution in [-0.4, -0.2) is 37.0 Å². The lowest BCUT2D eigenvalue weighted by Gasteiger charge is -2.27. The minimum absolute atomic E-state index is 0.166. The van der Waals surface area contributed by atoms with Crippen molar-refractivity contribution in [3.63, 3.8) is 0 Å². The number of nitrogens with one attached hydrogen (secondary N) is 1. The molecule has 0 aliphatic carbocycles. The molecule has 0 saturated carbocycles. The highest BCUT2D eigenvalue weighted by atomic mass is 127. The van der Waals surface area contributed by atoms with Gasteiger partial charge in [0.2, 0.25) is 0 Å². The zero-order chi connectivity index (χ0) is 24.3. The number of esters is 1. The molecule has 1 aliphatic rings. The van der Waals surface area contributed by atoms with Crippen molar-refractivity contribution in [2.75, 3.05) is 18.1 Å². The second-order valence-electron chi connectivity index (χ2n) is 7.21. The number of barbiturate groups is 1. The number of ether oxygens (including phenoxy) is 2. The summed E-state index contributed by atoms with van der Waals surface area (Å²) in [5, 5.41) is 2.23. The SMILES string of the molecule is CCOC(=O)COc1c(I)cc(/C=C2\C(=O)NC(=O)N(c3cc(C)cc(C)c3)C2=O)cc1I. The van der Waals surface area contributed by atoms with Crippen molar-refractivity contribution in [2.24, 2.45) is 0 Å². The fourth-order valence-electron chi connectivity index (χ4n) is 3.27. The predicted octanol–water partition coefficient (Wildman–Crippen LogP) is 4.12. The second-order valence-corrected chi connectivity index (χ2v) is 9.54. The van der Waals surface area contributed by atoms with Crippen molar-refractivity contribution in [1.82, 2.24) is 5.32 Å². The number of imide groups is 2. The molecule has 3 rings (SSSR count). The minimum Gasteiger partial charge on any atom is -0.480 e. The normalized spacial score (nSPS) is 15.0. The highest BCUT2D eigenvalue weighted by molar-refractivity contribution is 14.1. The molecule has 0 radical (unpaired) electrons. The third-order valence-corrected chi connectivity index (χ3v) is 6.14. The second kappa shape index (κ2) is 10.6. The molecular formula is C23H20I2N2O6. The Morgan fingerprint density at radius 3 is 2.21 bits per heavy atom. The third-order valence-electron chi connectivity index (χ3n) is 4.54. The number of aryl methyl sites for hydroxylation is 2. The summed E-state index contributed by atoms with van der Waals surface area (Å²) < 4.78 is 11.8. The number of nitrogens with zero attached hydrogens (tertiary/aromatic N) is 1. The summed E-state index contributed by atoms with van der Waals surface area (Å²) in [6.07, 6.45) is 1.43. The van der Waals surface area contributed by atoms with Crippen LogP contribution in [0.25, 0.3) is 6.08 Å². The Morgan fingerprint density at radius 1 is 1.03 bits per heavy atom. The lowest BCUT2D eigenvalue weighted by molar-refractivity contribution is -0.145. The van der Waals surface area contributed by atoms with E-state index in [1.54, 1.807) is 31.2 Å². The molecule has 1 aliphatic heterocycles. The van der Waals surface area contributed by atoms with Crippen LogP contribution in [0.3, 0.4) is 0 Å². The van der Waals surface area contributed by atoms with E-state index >= 15 is 0 Å². The first kappa shape index (κ1) is 25.1. The van der Waals surface area contributed by atoms with Crippen LogP contribution in [0.5, 0.6) is 5.75 Å². The quantitative estimate of drug-likeness (QED) is 0.214. The van der Waals surface area contributed by atoms with E-state index in [0.717, 1.165) is 16.0 Å². The lowest BCUT2D eigenvalue weighted by atomic mass is 10.1. The number of carbonyl (C=O) groups excluding carboxylic acids is 4. The van der Waals surface area contributed by atoms with Gasteiger partial charge in [-0.2, -0.15) is 0 Å². The maximum Gasteiger partial charge on any atom is 0.344 e. The highest BCUT2D eigenvalue weighted by Crippen LogP contribution is 2.31. The predicted molar refractivity (Wildman–Crippen MR) is 139 cm³/mol. The van der Waals surface area contributed by atoms with E-state index < -0.39 is 23.8 Å². The van der Waals surface area contributed by atoms with Gasteiger partial charge in [0, 0.05) is 0 Å². The van der Waals surface area contributed by atoms with Crippen molar-refractivity contribution in [3.8, 4) is 5.75 Å². The van der Waals surface area contributed by atoms with Crippen molar-refractivity contribution >= 4 is 80.8 Å². The van der Waals surface area contributed by atoms with Gasteiger partial charge < -0.3 is 9.47 Å². The van der Waals surface area contributed by atoms with Gasteiger partial charge in [0.1, 0.15) is 11.3 Å². The van der Waals surface area contributed by atoms with E-state index in [2.05, 4.69) is 5.32 Å². The summed E-state index contributed by atoms with van der Waals surface area (Å²) in [7, 11) is 0. The number of anilines is 1. The van der Waals surface area contributed by atoms with Gasteiger partial charge in [-0.15, -0.1) is 0 Å². The third kappa shape index (κ3) is 5.91. The minimum atomic E-state index is -0.793. The summed E-state index contributed by atoms with van der Waals surface area (Å²) in [6.45, 7) is 5.47. The molecule has 1 heterocycles. The first-order chi connectivity index (χ1) is 15.6. The Balaban J connectivity index is 1.92. The van der Waals surface area contributed by atoms with Gasteiger partial charge in [-0.25, -0.2) is 14.5 Å². The van der Waals surface area contributed by atoms with Crippen LogP contribution < -0.4 is 15.0 Å². The average Bonchev–Trinajstić information content (AvgIpc) is 2.70. The Labute approximate surface area is 218 Å². The fourth-order valence-corrected chi connectivity index (χ4v) is 5.40. The van der Waals surface area contributed by atoms with E-state index in [9.17, 15) is 19.2 Å². The molecule has 0 bridgehead atoms. The summed E-state index contributed by atoms with van der Waals surface area (Å²) in [6, 6.07) is 7.98. The number of hydrogen-bond donors (Lipinski definition) is 1. The Hall–Kier alpha value is -2.48. The monoisotopic (exact) mass is 674 g/mol. The van der Waals surface area contributed by atoms with Crippen molar-refractivity contribution < 1.29 is 28.7 Å². The van der Waals surface area contributed by atoms with Gasteiger partial charge >= 0.3 is 12.0 Å². The van der Waals surface area contributed by atoms with Gasteiger partial charge in [0.05, 0.1) is 19.4 Å². The zero-order valence-electron chi connectivity index (χ0n) is 18.0. The van der Waals surface area contributed by atoms with Gasteiger partial charge in [0.25, 0.3) is 11.8 Å². The molecule has 1 N–H and O–H groups in total. The van der Waals surface area contributed by atoms with Crippen LogP contribution in [-0.2, 0) is 19.1 Å². The zero-order valence-corrected chi connectivity index (χ0v) is 22.3. The molecule has 0 atom stereocenters. The molecule has 10 heteroatoms. The van der Waals surface area contributed by atoms with E-state index in [0.29, 0.717) is 24.1 Å². The first-order valence-corrected chi connectivity index (χ1v) is 12.0. The van der Waals surface area contributed by atoms with Gasteiger partial charge in [-0.3, -0.25) is 14.9 Å². The van der Waals surface area contributed by atoms with Crippen molar-refractivity contribution in [1.29, 1.82) is 0 Å². The standard InChI is InChI=1S/C23H20I2N2O6/c1-4-32-19(28)11-33-20-17(24)9-14(10-18(20)25)8-16-21(29)26-23(31)27(22(16)30)15-6-12(2)5-13(3)7-15/h5-10H,4,11H2,1-3H3,(H,26,29,31)/b16-8+. The molecule has 172 valence electrons. The number of rotatable bonds is 6. The topological polar surface area (TPSA) is 102 Å². The van der Waals surface area contributed by atoms with Gasteiger partial charge in [-0.05, 0) is 113 Å². The molecule has 1 fully saturated rings.